The maximum Gasteiger partial charge on any atom is 0.0954 e. The molecule has 0 bridgehead atoms. The van der Waals surface area contributed by atoms with E-state index in [2.05, 4.69) is 26.1 Å². The first-order valence-corrected chi connectivity index (χ1v) is 7.77. The van der Waals surface area contributed by atoms with Crippen LogP contribution in [0.1, 0.15) is 49.7 Å². The quantitative estimate of drug-likeness (QED) is 0.700. The number of rotatable bonds is 9. The SMILES string of the molecule is CCCc1nc(CCOCC)sc1CNC(C)C. The molecule has 104 valence electrons. The number of aryl methyl sites for hydroxylation is 1. The van der Waals surface area contributed by atoms with E-state index in [-0.39, 0.29) is 0 Å². The highest BCUT2D eigenvalue weighted by molar-refractivity contribution is 7.11. The molecule has 0 aromatic carbocycles. The third kappa shape index (κ3) is 5.46. The molecule has 0 spiro atoms. The maximum atomic E-state index is 5.40. The molecule has 0 amide bonds. The minimum Gasteiger partial charge on any atom is -0.381 e. The molecule has 4 heteroatoms. The van der Waals surface area contributed by atoms with Gasteiger partial charge in [-0.05, 0) is 13.3 Å². The molecule has 3 nitrogen and oxygen atoms in total. The maximum absolute atomic E-state index is 5.40. The van der Waals surface area contributed by atoms with Crippen molar-refractivity contribution < 1.29 is 4.74 Å². The number of nitrogens with zero attached hydrogens (tertiary/aromatic N) is 1. The fourth-order valence-corrected chi connectivity index (χ4v) is 2.76. The standard InChI is InChI=1S/C14H26N2OS/c1-5-7-12-13(10-15-11(3)4)18-14(16-12)8-9-17-6-2/h11,15H,5-10H2,1-4H3. The Morgan fingerprint density at radius 2 is 2.06 bits per heavy atom. The van der Waals surface area contributed by atoms with Gasteiger partial charge in [-0.3, -0.25) is 0 Å². The predicted molar refractivity (Wildman–Crippen MR) is 78.3 cm³/mol. The van der Waals surface area contributed by atoms with Crippen molar-refractivity contribution in [2.75, 3.05) is 13.2 Å². The molecule has 1 aromatic heterocycles. The fourth-order valence-electron chi connectivity index (χ4n) is 1.71. The Balaban J connectivity index is 2.61. The molecule has 0 saturated carbocycles. The lowest BCUT2D eigenvalue weighted by atomic mass is 10.2. The van der Waals surface area contributed by atoms with Crippen molar-refractivity contribution in [3.63, 3.8) is 0 Å². The number of ether oxygens (including phenoxy) is 1. The third-order valence-corrected chi connectivity index (χ3v) is 3.80. The van der Waals surface area contributed by atoms with E-state index in [0.717, 1.165) is 39.0 Å². The second-order valence-corrected chi connectivity index (χ2v) is 5.88. The molecule has 1 N–H and O–H groups in total. The van der Waals surface area contributed by atoms with Crippen molar-refractivity contribution in [1.82, 2.24) is 10.3 Å². The van der Waals surface area contributed by atoms with E-state index in [1.807, 2.05) is 18.3 Å². The Hall–Kier alpha value is -0.450. The highest BCUT2D eigenvalue weighted by Crippen LogP contribution is 2.20. The van der Waals surface area contributed by atoms with Gasteiger partial charge in [0.1, 0.15) is 0 Å². The Morgan fingerprint density at radius 1 is 1.28 bits per heavy atom. The molecule has 1 rings (SSSR count). The Morgan fingerprint density at radius 3 is 2.67 bits per heavy atom. The molecule has 0 unspecified atom stereocenters. The van der Waals surface area contributed by atoms with Crippen LogP contribution in [-0.2, 0) is 24.1 Å². The summed E-state index contributed by atoms with van der Waals surface area (Å²) in [4.78, 5) is 6.15. The topological polar surface area (TPSA) is 34.1 Å². The predicted octanol–water partition coefficient (Wildman–Crippen LogP) is 3.17. The summed E-state index contributed by atoms with van der Waals surface area (Å²) in [6, 6.07) is 0.522. The molecule has 0 aliphatic heterocycles. The summed E-state index contributed by atoms with van der Waals surface area (Å²) in [7, 11) is 0. The van der Waals surface area contributed by atoms with Crippen LogP contribution in [0.25, 0.3) is 0 Å². The van der Waals surface area contributed by atoms with E-state index in [9.17, 15) is 0 Å². The molecular formula is C14H26N2OS. The average Bonchev–Trinajstić information content (AvgIpc) is 2.70. The zero-order chi connectivity index (χ0) is 13.4. The van der Waals surface area contributed by atoms with Crippen molar-refractivity contribution in [1.29, 1.82) is 0 Å². The summed E-state index contributed by atoms with van der Waals surface area (Å²) in [6.45, 7) is 11.1. The average molecular weight is 270 g/mol. The van der Waals surface area contributed by atoms with Crippen LogP contribution in [0.2, 0.25) is 0 Å². The summed E-state index contributed by atoms with van der Waals surface area (Å²) in [5.41, 5.74) is 1.28. The number of hydrogen-bond acceptors (Lipinski definition) is 4. The van der Waals surface area contributed by atoms with Crippen LogP contribution < -0.4 is 5.32 Å². The van der Waals surface area contributed by atoms with E-state index >= 15 is 0 Å². The molecule has 0 saturated heterocycles. The molecule has 0 aliphatic carbocycles. The number of hydrogen-bond donors (Lipinski definition) is 1. The molecule has 0 radical (unpaired) electrons. The molecular weight excluding hydrogens is 244 g/mol. The molecule has 0 fully saturated rings. The summed E-state index contributed by atoms with van der Waals surface area (Å²) >= 11 is 1.84. The highest BCUT2D eigenvalue weighted by atomic mass is 32.1. The van der Waals surface area contributed by atoms with E-state index in [1.54, 1.807) is 0 Å². The van der Waals surface area contributed by atoms with Gasteiger partial charge in [-0.25, -0.2) is 4.98 Å². The van der Waals surface area contributed by atoms with E-state index in [4.69, 9.17) is 9.72 Å². The first-order valence-electron chi connectivity index (χ1n) is 6.95. The van der Waals surface area contributed by atoms with Crippen LogP contribution in [0.3, 0.4) is 0 Å². The molecule has 1 heterocycles. The van der Waals surface area contributed by atoms with Crippen LogP contribution in [-0.4, -0.2) is 24.2 Å². The molecule has 18 heavy (non-hydrogen) atoms. The fraction of sp³-hybridized carbons (Fsp3) is 0.786. The lowest BCUT2D eigenvalue weighted by Crippen LogP contribution is -2.21. The Bertz CT molecular complexity index is 337. The van der Waals surface area contributed by atoms with Gasteiger partial charge in [0.25, 0.3) is 0 Å². The van der Waals surface area contributed by atoms with Crippen molar-refractivity contribution >= 4 is 11.3 Å². The van der Waals surface area contributed by atoms with Gasteiger partial charge in [-0.1, -0.05) is 27.2 Å². The van der Waals surface area contributed by atoms with Crippen molar-refractivity contribution in [2.45, 2.75) is 59.5 Å². The van der Waals surface area contributed by atoms with Crippen molar-refractivity contribution in [2.24, 2.45) is 0 Å². The smallest absolute Gasteiger partial charge is 0.0954 e. The van der Waals surface area contributed by atoms with Crippen LogP contribution >= 0.6 is 11.3 Å². The number of nitrogens with one attached hydrogen (secondary N) is 1. The second kappa shape index (κ2) is 8.62. The van der Waals surface area contributed by atoms with Gasteiger partial charge in [-0.15, -0.1) is 11.3 Å². The summed E-state index contributed by atoms with van der Waals surface area (Å²) in [5.74, 6) is 0. The minimum absolute atomic E-state index is 0.522. The van der Waals surface area contributed by atoms with Crippen LogP contribution in [0.5, 0.6) is 0 Å². The summed E-state index contributed by atoms with van der Waals surface area (Å²) < 4.78 is 5.40. The van der Waals surface area contributed by atoms with Gasteiger partial charge < -0.3 is 10.1 Å². The van der Waals surface area contributed by atoms with Crippen LogP contribution in [0.4, 0.5) is 0 Å². The van der Waals surface area contributed by atoms with Crippen molar-refractivity contribution in [3.05, 3.63) is 15.6 Å². The van der Waals surface area contributed by atoms with Gasteiger partial charge in [0.15, 0.2) is 0 Å². The van der Waals surface area contributed by atoms with Crippen molar-refractivity contribution in [3.8, 4) is 0 Å². The lowest BCUT2D eigenvalue weighted by Gasteiger charge is -2.07. The van der Waals surface area contributed by atoms with Crippen LogP contribution in [0, 0.1) is 0 Å². The Labute approximate surface area is 115 Å². The third-order valence-electron chi connectivity index (χ3n) is 2.64. The first-order chi connectivity index (χ1) is 8.67. The van der Waals surface area contributed by atoms with Crippen LogP contribution in [0.15, 0.2) is 0 Å². The van der Waals surface area contributed by atoms with Gasteiger partial charge in [-0.2, -0.15) is 0 Å². The number of thiazole rings is 1. The van der Waals surface area contributed by atoms with E-state index in [1.165, 1.54) is 15.6 Å². The highest BCUT2D eigenvalue weighted by Gasteiger charge is 2.10. The number of aromatic nitrogens is 1. The largest absolute Gasteiger partial charge is 0.381 e. The van der Waals surface area contributed by atoms with Gasteiger partial charge >= 0.3 is 0 Å². The zero-order valence-corrected chi connectivity index (χ0v) is 12.9. The normalized spacial score (nSPS) is 11.4. The van der Waals surface area contributed by atoms with E-state index in [0.29, 0.717) is 6.04 Å². The minimum atomic E-state index is 0.522. The summed E-state index contributed by atoms with van der Waals surface area (Å²) in [6.07, 6.45) is 3.18. The van der Waals surface area contributed by atoms with Gasteiger partial charge in [0, 0.05) is 30.5 Å². The lowest BCUT2D eigenvalue weighted by molar-refractivity contribution is 0.151. The van der Waals surface area contributed by atoms with E-state index < -0.39 is 0 Å². The molecule has 0 aliphatic rings. The van der Waals surface area contributed by atoms with Gasteiger partial charge in [0.05, 0.1) is 17.3 Å². The first kappa shape index (κ1) is 15.6. The van der Waals surface area contributed by atoms with Gasteiger partial charge in [0.2, 0.25) is 0 Å². The second-order valence-electron chi connectivity index (χ2n) is 4.71. The summed E-state index contributed by atoms with van der Waals surface area (Å²) in [5, 5.41) is 4.70. The molecule has 0 atom stereocenters. The molecule has 1 aromatic rings. The Kier molecular flexibility index (Phi) is 7.47. The zero-order valence-electron chi connectivity index (χ0n) is 12.1. The monoisotopic (exact) mass is 270 g/mol.